The molecule has 1 saturated carbocycles. The van der Waals surface area contributed by atoms with E-state index in [0.717, 1.165) is 36.0 Å². The fraction of sp³-hybridized carbons (Fsp3) is 0.682. The van der Waals surface area contributed by atoms with Gasteiger partial charge in [0.15, 0.2) is 12.1 Å². The molecule has 1 aromatic rings. The Labute approximate surface area is 155 Å². The Balaban J connectivity index is 1.95. The summed E-state index contributed by atoms with van der Waals surface area (Å²) in [6, 6.07) is 3.77. The summed E-state index contributed by atoms with van der Waals surface area (Å²) < 4.78 is 12.3. The highest BCUT2D eigenvalue weighted by Crippen LogP contribution is 2.62. The van der Waals surface area contributed by atoms with E-state index >= 15 is 0 Å². The lowest BCUT2D eigenvalue weighted by atomic mass is 9.47. The molecule has 1 saturated heterocycles. The molecule has 26 heavy (non-hydrogen) atoms. The minimum Gasteiger partial charge on any atom is -0.508 e. The number of aromatic hydroxyl groups is 1. The summed E-state index contributed by atoms with van der Waals surface area (Å²) >= 11 is 0. The number of carbonyl (C=O) groups excluding carboxylic acids is 1. The minimum atomic E-state index is -0.345. The van der Waals surface area contributed by atoms with Crippen LogP contribution in [0, 0.1) is 11.3 Å². The first kappa shape index (κ1) is 18.0. The third kappa shape index (κ3) is 2.31. The molecule has 4 nitrogen and oxygen atoms in total. The summed E-state index contributed by atoms with van der Waals surface area (Å²) in [5.41, 5.74) is 2.21. The van der Waals surface area contributed by atoms with Crippen molar-refractivity contribution in [3.63, 3.8) is 0 Å². The number of ketones is 1. The molecule has 1 aromatic carbocycles. The van der Waals surface area contributed by atoms with Crippen LogP contribution in [0.2, 0.25) is 0 Å². The van der Waals surface area contributed by atoms with Crippen molar-refractivity contribution < 1.29 is 19.4 Å². The summed E-state index contributed by atoms with van der Waals surface area (Å²) in [7, 11) is 0. The summed E-state index contributed by atoms with van der Waals surface area (Å²) in [6.07, 6.45) is 3.33. The van der Waals surface area contributed by atoms with Crippen LogP contribution in [0.5, 0.6) is 5.75 Å². The first-order chi connectivity index (χ1) is 12.3. The lowest BCUT2D eigenvalue weighted by Crippen LogP contribution is -2.64. The third-order valence-corrected chi connectivity index (χ3v) is 7.08. The first-order valence-electron chi connectivity index (χ1n) is 9.97. The van der Waals surface area contributed by atoms with E-state index in [1.54, 1.807) is 0 Å². The Morgan fingerprint density at radius 1 is 1.35 bits per heavy atom. The molecule has 2 fully saturated rings. The Morgan fingerprint density at radius 3 is 2.81 bits per heavy atom. The smallest absolute Gasteiger partial charge is 0.167 e. The summed E-state index contributed by atoms with van der Waals surface area (Å²) in [4.78, 5) is 13.1. The number of ether oxygens (including phenoxy) is 2. The SMILES string of the molecule is CCO[C@@H]1OC[C@@]2(C)CCC[C@@]13c1cc(O)c(C(C)C)cc1C(=O)C[C@@H]23. The van der Waals surface area contributed by atoms with Crippen molar-refractivity contribution in [2.24, 2.45) is 11.3 Å². The van der Waals surface area contributed by atoms with E-state index in [4.69, 9.17) is 9.47 Å². The van der Waals surface area contributed by atoms with Crippen LogP contribution in [-0.4, -0.2) is 30.4 Å². The zero-order chi connectivity index (χ0) is 18.7. The number of hydrogen-bond donors (Lipinski definition) is 1. The lowest BCUT2D eigenvalue weighted by molar-refractivity contribution is -0.271. The van der Waals surface area contributed by atoms with E-state index in [2.05, 4.69) is 6.92 Å². The zero-order valence-electron chi connectivity index (χ0n) is 16.3. The highest BCUT2D eigenvalue weighted by molar-refractivity contribution is 6.00. The van der Waals surface area contributed by atoms with E-state index < -0.39 is 0 Å². The van der Waals surface area contributed by atoms with Crippen molar-refractivity contribution in [2.45, 2.75) is 71.0 Å². The van der Waals surface area contributed by atoms with Gasteiger partial charge in [-0.3, -0.25) is 4.79 Å². The predicted molar refractivity (Wildman–Crippen MR) is 99.6 cm³/mol. The molecule has 0 amide bonds. The van der Waals surface area contributed by atoms with Gasteiger partial charge in [-0.15, -0.1) is 0 Å². The van der Waals surface area contributed by atoms with E-state index in [1.807, 2.05) is 32.9 Å². The molecular formula is C22H30O4. The van der Waals surface area contributed by atoms with Gasteiger partial charge in [-0.2, -0.15) is 0 Å². The topological polar surface area (TPSA) is 55.8 Å². The molecule has 0 spiro atoms. The van der Waals surface area contributed by atoms with Crippen LogP contribution in [0.25, 0.3) is 0 Å². The monoisotopic (exact) mass is 358 g/mol. The molecule has 2 aliphatic carbocycles. The Hall–Kier alpha value is -1.39. The molecule has 1 N–H and O–H groups in total. The maximum atomic E-state index is 13.1. The molecule has 1 aliphatic heterocycles. The fourth-order valence-electron chi connectivity index (χ4n) is 5.83. The number of hydrogen-bond acceptors (Lipinski definition) is 4. The Kier molecular flexibility index (Phi) is 4.20. The molecule has 0 aromatic heterocycles. The minimum absolute atomic E-state index is 0.00839. The third-order valence-electron chi connectivity index (χ3n) is 7.08. The second kappa shape index (κ2) is 6.07. The molecular weight excluding hydrogens is 328 g/mol. The van der Waals surface area contributed by atoms with Crippen LogP contribution in [-0.2, 0) is 14.9 Å². The highest BCUT2D eigenvalue weighted by Gasteiger charge is 2.63. The molecule has 0 unspecified atom stereocenters. The van der Waals surface area contributed by atoms with Gasteiger partial charge in [0, 0.05) is 18.6 Å². The number of Topliss-reactive ketones (excluding diaryl/α,β-unsaturated/α-hetero) is 1. The van der Waals surface area contributed by atoms with Gasteiger partial charge < -0.3 is 14.6 Å². The van der Waals surface area contributed by atoms with E-state index in [0.29, 0.717) is 19.6 Å². The summed E-state index contributed by atoms with van der Waals surface area (Å²) in [5.74, 6) is 0.867. The van der Waals surface area contributed by atoms with Crippen LogP contribution in [0.1, 0.15) is 80.8 Å². The van der Waals surface area contributed by atoms with Crippen molar-refractivity contribution in [3.05, 3.63) is 28.8 Å². The number of phenols is 1. The molecule has 1 heterocycles. The highest BCUT2D eigenvalue weighted by atomic mass is 16.7. The number of carbonyl (C=O) groups is 1. The standard InChI is InChI=1S/C22H30O4/c1-5-25-20-22-8-6-7-21(4,12-26-20)19(22)11-18(24)15-9-14(13(2)3)17(23)10-16(15)22/h9-10,13,19-20,23H,5-8,11-12H2,1-4H3/t19-,20+,21+,22-/m0/s1. The van der Waals surface area contributed by atoms with Gasteiger partial charge in [-0.1, -0.05) is 27.2 Å². The van der Waals surface area contributed by atoms with Gasteiger partial charge in [-0.05, 0) is 60.3 Å². The van der Waals surface area contributed by atoms with Crippen LogP contribution in [0.4, 0.5) is 0 Å². The second-order valence-corrected chi connectivity index (χ2v) is 8.94. The van der Waals surface area contributed by atoms with Gasteiger partial charge in [-0.25, -0.2) is 0 Å². The first-order valence-corrected chi connectivity index (χ1v) is 9.97. The lowest BCUT2D eigenvalue weighted by Gasteiger charge is -2.61. The van der Waals surface area contributed by atoms with Crippen LogP contribution >= 0.6 is 0 Å². The van der Waals surface area contributed by atoms with E-state index in [-0.39, 0.29) is 40.5 Å². The maximum absolute atomic E-state index is 13.1. The molecule has 0 radical (unpaired) electrons. The number of phenolic OH excluding ortho intramolecular Hbond substituents is 1. The molecule has 4 heteroatoms. The van der Waals surface area contributed by atoms with Gasteiger partial charge in [0.05, 0.1) is 12.0 Å². The van der Waals surface area contributed by atoms with Gasteiger partial charge in [0.1, 0.15) is 5.75 Å². The quantitative estimate of drug-likeness (QED) is 0.862. The average Bonchev–Trinajstić information content (AvgIpc) is 2.58. The summed E-state index contributed by atoms with van der Waals surface area (Å²) in [6.45, 7) is 9.55. The van der Waals surface area contributed by atoms with E-state index in [1.165, 1.54) is 0 Å². The Morgan fingerprint density at radius 2 is 2.12 bits per heavy atom. The molecule has 142 valence electrons. The van der Waals surface area contributed by atoms with Crippen molar-refractivity contribution in [1.82, 2.24) is 0 Å². The Bertz CT molecular complexity index is 740. The number of benzene rings is 1. The van der Waals surface area contributed by atoms with Crippen molar-refractivity contribution >= 4 is 5.78 Å². The number of fused-ring (bicyclic) bond motifs is 1. The fourth-order valence-corrected chi connectivity index (χ4v) is 5.83. The van der Waals surface area contributed by atoms with Crippen molar-refractivity contribution in [2.75, 3.05) is 13.2 Å². The van der Waals surface area contributed by atoms with E-state index in [9.17, 15) is 9.90 Å². The average molecular weight is 358 g/mol. The molecule has 4 rings (SSSR count). The number of rotatable bonds is 3. The molecule has 2 bridgehead atoms. The van der Waals surface area contributed by atoms with Crippen LogP contribution in [0.15, 0.2) is 12.1 Å². The van der Waals surface area contributed by atoms with Gasteiger partial charge in [0.2, 0.25) is 0 Å². The molecule has 4 atom stereocenters. The second-order valence-electron chi connectivity index (χ2n) is 8.94. The summed E-state index contributed by atoms with van der Waals surface area (Å²) in [5, 5.41) is 10.7. The van der Waals surface area contributed by atoms with Gasteiger partial charge in [0.25, 0.3) is 0 Å². The molecule has 3 aliphatic rings. The van der Waals surface area contributed by atoms with Crippen LogP contribution in [0.3, 0.4) is 0 Å². The normalized spacial score (nSPS) is 36.0. The largest absolute Gasteiger partial charge is 0.508 e. The van der Waals surface area contributed by atoms with Crippen molar-refractivity contribution in [1.29, 1.82) is 0 Å². The van der Waals surface area contributed by atoms with Gasteiger partial charge >= 0.3 is 0 Å². The zero-order valence-corrected chi connectivity index (χ0v) is 16.3. The maximum Gasteiger partial charge on any atom is 0.167 e. The predicted octanol–water partition coefficient (Wildman–Crippen LogP) is 4.54. The van der Waals surface area contributed by atoms with Crippen molar-refractivity contribution in [3.8, 4) is 5.75 Å². The van der Waals surface area contributed by atoms with Crippen LogP contribution < -0.4 is 0 Å².